The van der Waals surface area contributed by atoms with Crippen LogP contribution in [-0.4, -0.2) is 27.6 Å². The van der Waals surface area contributed by atoms with Gasteiger partial charge in [0.15, 0.2) is 0 Å². The number of hydrogen-bond donors (Lipinski definition) is 2. The molecular formula is C11H19N3OS. The van der Waals surface area contributed by atoms with Crippen LogP contribution in [-0.2, 0) is 4.79 Å². The molecule has 1 aromatic heterocycles. The molecule has 4 nitrogen and oxygen atoms in total. The highest BCUT2D eigenvalue weighted by atomic mass is 32.2. The fourth-order valence-corrected chi connectivity index (χ4v) is 2.22. The number of amides is 1. The van der Waals surface area contributed by atoms with Crippen LogP contribution in [0.1, 0.15) is 31.2 Å². The Morgan fingerprint density at radius 1 is 1.50 bits per heavy atom. The van der Waals surface area contributed by atoms with Crippen LogP contribution in [0.25, 0.3) is 0 Å². The molecule has 0 radical (unpaired) electrons. The summed E-state index contributed by atoms with van der Waals surface area (Å²) in [5.74, 6) is 1.62. The highest BCUT2D eigenvalue weighted by molar-refractivity contribution is 7.99. The number of unbranched alkanes of at least 4 members (excludes halogenated alkanes) is 1. The first kappa shape index (κ1) is 13.1. The summed E-state index contributed by atoms with van der Waals surface area (Å²) in [6, 6.07) is 0. The van der Waals surface area contributed by atoms with Gasteiger partial charge in [0.05, 0.1) is 22.8 Å². The Labute approximate surface area is 101 Å². The second kappa shape index (κ2) is 6.58. The Kier molecular flexibility index (Phi) is 5.38. The first-order valence-corrected chi connectivity index (χ1v) is 6.69. The summed E-state index contributed by atoms with van der Waals surface area (Å²) < 4.78 is 0. The zero-order chi connectivity index (χ0) is 12.0. The van der Waals surface area contributed by atoms with E-state index in [2.05, 4.69) is 22.4 Å². The van der Waals surface area contributed by atoms with Crippen molar-refractivity contribution in [1.82, 2.24) is 10.2 Å². The number of aromatic nitrogens is 2. The van der Waals surface area contributed by atoms with Crippen LogP contribution >= 0.6 is 11.8 Å². The Hall–Kier alpha value is -0.970. The van der Waals surface area contributed by atoms with Crippen molar-refractivity contribution in [3.05, 3.63) is 11.4 Å². The molecule has 0 atom stereocenters. The van der Waals surface area contributed by atoms with Crippen LogP contribution in [0.2, 0.25) is 0 Å². The molecule has 0 unspecified atom stereocenters. The van der Waals surface area contributed by atoms with Crippen LogP contribution in [0.3, 0.4) is 0 Å². The molecule has 2 N–H and O–H groups in total. The van der Waals surface area contributed by atoms with Gasteiger partial charge in [-0.15, -0.1) is 0 Å². The minimum absolute atomic E-state index is 0.0497. The Morgan fingerprint density at radius 3 is 2.81 bits per heavy atom. The van der Waals surface area contributed by atoms with Gasteiger partial charge in [-0.05, 0) is 26.0 Å². The van der Waals surface area contributed by atoms with Crippen molar-refractivity contribution in [2.45, 2.75) is 33.6 Å². The molecule has 0 spiro atoms. The Bertz CT molecular complexity index is 329. The molecule has 0 aliphatic heterocycles. The molecule has 1 rings (SSSR count). The third-order valence-corrected chi connectivity index (χ3v) is 3.31. The molecule has 0 aliphatic rings. The van der Waals surface area contributed by atoms with Gasteiger partial charge < -0.3 is 5.32 Å². The van der Waals surface area contributed by atoms with Gasteiger partial charge in [-0.3, -0.25) is 9.89 Å². The van der Waals surface area contributed by atoms with Gasteiger partial charge in [0.25, 0.3) is 0 Å². The molecule has 0 aromatic carbocycles. The minimum atomic E-state index is 0.0497. The van der Waals surface area contributed by atoms with E-state index in [1.807, 2.05) is 13.8 Å². The van der Waals surface area contributed by atoms with Crippen molar-refractivity contribution in [2.75, 3.05) is 16.8 Å². The first-order valence-electron chi connectivity index (χ1n) is 5.54. The van der Waals surface area contributed by atoms with Gasteiger partial charge >= 0.3 is 0 Å². The van der Waals surface area contributed by atoms with E-state index >= 15 is 0 Å². The van der Waals surface area contributed by atoms with Crippen molar-refractivity contribution in [3.8, 4) is 0 Å². The third-order valence-electron chi connectivity index (χ3n) is 2.27. The summed E-state index contributed by atoms with van der Waals surface area (Å²) in [4.78, 5) is 11.6. The van der Waals surface area contributed by atoms with Crippen LogP contribution in [0, 0.1) is 13.8 Å². The highest BCUT2D eigenvalue weighted by Crippen LogP contribution is 2.16. The van der Waals surface area contributed by atoms with Crippen molar-refractivity contribution >= 4 is 23.4 Å². The molecule has 1 aromatic rings. The van der Waals surface area contributed by atoms with Crippen LogP contribution < -0.4 is 5.32 Å². The summed E-state index contributed by atoms with van der Waals surface area (Å²) in [6.07, 6.45) is 2.34. The molecule has 5 heteroatoms. The average molecular weight is 241 g/mol. The number of anilines is 1. The molecule has 16 heavy (non-hydrogen) atoms. The lowest BCUT2D eigenvalue weighted by atomic mass is 10.3. The zero-order valence-electron chi connectivity index (χ0n) is 10.1. The number of aromatic amines is 1. The molecule has 0 bridgehead atoms. The number of thioether (sulfide) groups is 1. The van der Waals surface area contributed by atoms with Gasteiger partial charge in [0.2, 0.25) is 5.91 Å². The first-order chi connectivity index (χ1) is 7.65. The third kappa shape index (κ3) is 3.89. The fraction of sp³-hybridized carbons (Fsp3) is 0.636. The standard InChI is InChI=1S/C11H19N3OS/c1-4-5-6-16-7-10(15)12-11-8(2)13-14-9(11)3/h4-7H2,1-3H3,(H,12,15)(H,13,14). The topological polar surface area (TPSA) is 57.8 Å². The molecule has 0 aliphatic carbocycles. The highest BCUT2D eigenvalue weighted by Gasteiger charge is 2.09. The van der Waals surface area contributed by atoms with E-state index < -0.39 is 0 Å². The number of aryl methyl sites for hydroxylation is 2. The molecule has 0 saturated heterocycles. The summed E-state index contributed by atoms with van der Waals surface area (Å²) in [6.45, 7) is 5.93. The summed E-state index contributed by atoms with van der Waals surface area (Å²) in [5, 5.41) is 9.76. The summed E-state index contributed by atoms with van der Waals surface area (Å²) in [7, 11) is 0. The normalized spacial score (nSPS) is 10.4. The Morgan fingerprint density at radius 2 is 2.25 bits per heavy atom. The van der Waals surface area contributed by atoms with Gasteiger partial charge in [-0.25, -0.2) is 0 Å². The lowest BCUT2D eigenvalue weighted by Crippen LogP contribution is -2.15. The fourth-order valence-electron chi connectivity index (χ4n) is 1.32. The number of hydrogen-bond acceptors (Lipinski definition) is 3. The average Bonchev–Trinajstić information content (AvgIpc) is 2.56. The maximum absolute atomic E-state index is 11.6. The predicted octanol–water partition coefficient (Wildman–Crippen LogP) is 2.50. The second-order valence-corrected chi connectivity index (χ2v) is 4.87. The maximum Gasteiger partial charge on any atom is 0.234 e. The van der Waals surface area contributed by atoms with Gasteiger partial charge in [0.1, 0.15) is 0 Å². The molecular weight excluding hydrogens is 222 g/mol. The van der Waals surface area contributed by atoms with E-state index in [0.29, 0.717) is 5.75 Å². The van der Waals surface area contributed by atoms with E-state index in [-0.39, 0.29) is 5.91 Å². The molecule has 1 heterocycles. The van der Waals surface area contributed by atoms with E-state index in [0.717, 1.165) is 22.8 Å². The number of H-pyrrole nitrogens is 1. The van der Waals surface area contributed by atoms with Crippen LogP contribution in [0.4, 0.5) is 5.69 Å². The lowest BCUT2D eigenvalue weighted by molar-refractivity contribution is -0.113. The number of rotatable bonds is 6. The van der Waals surface area contributed by atoms with Crippen molar-refractivity contribution in [1.29, 1.82) is 0 Å². The van der Waals surface area contributed by atoms with E-state index in [1.165, 1.54) is 12.8 Å². The van der Waals surface area contributed by atoms with Crippen LogP contribution in [0.5, 0.6) is 0 Å². The van der Waals surface area contributed by atoms with Gasteiger partial charge in [-0.2, -0.15) is 16.9 Å². The van der Waals surface area contributed by atoms with Crippen molar-refractivity contribution in [3.63, 3.8) is 0 Å². The number of nitrogens with zero attached hydrogens (tertiary/aromatic N) is 1. The summed E-state index contributed by atoms with van der Waals surface area (Å²) in [5.41, 5.74) is 2.56. The zero-order valence-corrected chi connectivity index (χ0v) is 10.9. The van der Waals surface area contributed by atoms with E-state index in [9.17, 15) is 4.79 Å². The van der Waals surface area contributed by atoms with Crippen molar-refractivity contribution in [2.24, 2.45) is 0 Å². The van der Waals surface area contributed by atoms with E-state index in [1.54, 1.807) is 11.8 Å². The molecule has 1 amide bonds. The molecule has 0 saturated carbocycles. The van der Waals surface area contributed by atoms with Gasteiger partial charge in [0, 0.05) is 0 Å². The SMILES string of the molecule is CCCCSCC(=O)Nc1c(C)n[nH]c1C. The predicted molar refractivity (Wildman–Crippen MR) is 68.9 cm³/mol. The number of carbonyl (C=O) groups is 1. The smallest absolute Gasteiger partial charge is 0.234 e. The molecule has 90 valence electrons. The van der Waals surface area contributed by atoms with Crippen molar-refractivity contribution < 1.29 is 4.79 Å². The van der Waals surface area contributed by atoms with Gasteiger partial charge in [-0.1, -0.05) is 13.3 Å². The lowest BCUT2D eigenvalue weighted by Gasteiger charge is -2.04. The second-order valence-electron chi connectivity index (χ2n) is 3.76. The minimum Gasteiger partial charge on any atom is -0.322 e. The Balaban J connectivity index is 2.34. The quantitative estimate of drug-likeness (QED) is 0.752. The monoisotopic (exact) mass is 241 g/mol. The van der Waals surface area contributed by atoms with Crippen LogP contribution in [0.15, 0.2) is 0 Å². The summed E-state index contributed by atoms with van der Waals surface area (Å²) >= 11 is 1.68. The molecule has 0 fully saturated rings. The number of carbonyl (C=O) groups excluding carboxylic acids is 1. The largest absolute Gasteiger partial charge is 0.322 e. The van der Waals surface area contributed by atoms with E-state index in [4.69, 9.17) is 0 Å². The number of nitrogens with one attached hydrogen (secondary N) is 2. The maximum atomic E-state index is 11.6.